The SMILES string of the molecule is CCCCC[N+](CCl)(CCCCC)CCCCC.[Br-]. The van der Waals surface area contributed by atoms with Gasteiger partial charge in [0, 0.05) is 0 Å². The van der Waals surface area contributed by atoms with Crippen LogP contribution in [-0.4, -0.2) is 30.1 Å². The Bertz CT molecular complexity index is 150. The Morgan fingerprint density at radius 2 is 0.947 bits per heavy atom. The van der Waals surface area contributed by atoms with Crippen molar-refractivity contribution < 1.29 is 21.5 Å². The second-order valence-corrected chi connectivity index (χ2v) is 5.99. The molecule has 0 saturated heterocycles. The summed E-state index contributed by atoms with van der Waals surface area (Å²) in [7, 11) is 0. The van der Waals surface area contributed by atoms with E-state index >= 15 is 0 Å². The van der Waals surface area contributed by atoms with Crippen molar-refractivity contribution in [2.75, 3.05) is 25.6 Å². The maximum atomic E-state index is 6.33. The van der Waals surface area contributed by atoms with E-state index in [0.29, 0.717) is 0 Å². The molecular formula is C16H35BrClN. The number of quaternary nitrogens is 1. The topological polar surface area (TPSA) is 0 Å². The van der Waals surface area contributed by atoms with E-state index in [4.69, 9.17) is 11.6 Å². The van der Waals surface area contributed by atoms with Crippen molar-refractivity contribution in [3.8, 4) is 0 Å². The van der Waals surface area contributed by atoms with Gasteiger partial charge in [0.05, 0.1) is 19.6 Å². The molecule has 0 amide bonds. The Kier molecular flexibility index (Phi) is 17.5. The summed E-state index contributed by atoms with van der Waals surface area (Å²) in [5.74, 6) is 0. The van der Waals surface area contributed by atoms with Gasteiger partial charge in [-0.1, -0.05) is 51.6 Å². The van der Waals surface area contributed by atoms with E-state index in [1.54, 1.807) is 0 Å². The van der Waals surface area contributed by atoms with Crippen LogP contribution in [0, 0.1) is 0 Å². The highest BCUT2D eigenvalue weighted by Gasteiger charge is 2.24. The minimum absolute atomic E-state index is 0. The molecule has 0 fully saturated rings. The van der Waals surface area contributed by atoms with Crippen molar-refractivity contribution in [2.24, 2.45) is 0 Å². The number of hydrogen-bond acceptors (Lipinski definition) is 0. The van der Waals surface area contributed by atoms with Crippen LogP contribution in [0.5, 0.6) is 0 Å². The Morgan fingerprint density at radius 3 is 1.16 bits per heavy atom. The first-order valence-electron chi connectivity index (χ1n) is 8.15. The van der Waals surface area contributed by atoms with Gasteiger partial charge >= 0.3 is 0 Å². The van der Waals surface area contributed by atoms with Crippen LogP contribution in [0.25, 0.3) is 0 Å². The molecule has 0 heterocycles. The summed E-state index contributed by atoms with van der Waals surface area (Å²) in [4.78, 5) is 0. The fourth-order valence-corrected chi connectivity index (χ4v) is 2.96. The molecule has 3 heteroatoms. The van der Waals surface area contributed by atoms with Gasteiger partial charge in [-0.3, -0.25) is 0 Å². The zero-order valence-electron chi connectivity index (χ0n) is 13.4. The molecule has 0 aliphatic rings. The zero-order valence-corrected chi connectivity index (χ0v) is 15.7. The van der Waals surface area contributed by atoms with Crippen LogP contribution in [0.2, 0.25) is 0 Å². The Labute approximate surface area is 137 Å². The quantitative estimate of drug-likeness (QED) is 0.206. The maximum absolute atomic E-state index is 6.33. The highest BCUT2D eigenvalue weighted by atomic mass is 79.9. The van der Waals surface area contributed by atoms with E-state index in [1.165, 1.54) is 81.9 Å². The number of unbranched alkanes of at least 4 members (excludes halogenated alkanes) is 6. The normalized spacial score (nSPS) is 11.4. The lowest BCUT2D eigenvalue weighted by atomic mass is 10.1. The van der Waals surface area contributed by atoms with Crippen LogP contribution in [0.3, 0.4) is 0 Å². The third kappa shape index (κ3) is 11.1. The number of rotatable bonds is 13. The van der Waals surface area contributed by atoms with Crippen molar-refractivity contribution >= 4 is 11.6 Å². The van der Waals surface area contributed by atoms with Gasteiger partial charge in [0.25, 0.3) is 0 Å². The van der Waals surface area contributed by atoms with Crippen LogP contribution in [0.15, 0.2) is 0 Å². The van der Waals surface area contributed by atoms with Gasteiger partial charge in [-0.15, -0.1) is 0 Å². The van der Waals surface area contributed by atoms with E-state index < -0.39 is 0 Å². The Morgan fingerprint density at radius 1 is 0.632 bits per heavy atom. The van der Waals surface area contributed by atoms with Crippen LogP contribution in [0.1, 0.15) is 78.6 Å². The lowest BCUT2D eigenvalue weighted by molar-refractivity contribution is -0.918. The van der Waals surface area contributed by atoms with Crippen LogP contribution < -0.4 is 17.0 Å². The van der Waals surface area contributed by atoms with Crippen molar-refractivity contribution in [2.45, 2.75) is 78.6 Å². The molecule has 0 aliphatic carbocycles. The first-order chi connectivity index (χ1) is 8.74. The molecule has 0 aromatic rings. The van der Waals surface area contributed by atoms with Crippen molar-refractivity contribution in [3.63, 3.8) is 0 Å². The van der Waals surface area contributed by atoms with Crippen molar-refractivity contribution in [1.29, 1.82) is 0 Å². The fraction of sp³-hybridized carbons (Fsp3) is 1.00. The van der Waals surface area contributed by atoms with E-state index in [9.17, 15) is 0 Å². The molecule has 118 valence electrons. The van der Waals surface area contributed by atoms with Crippen LogP contribution in [0.4, 0.5) is 0 Å². The highest BCUT2D eigenvalue weighted by Crippen LogP contribution is 2.17. The fourth-order valence-electron chi connectivity index (χ4n) is 2.61. The molecule has 0 bridgehead atoms. The molecule has 0 aromatic heterocycles. The van der Waals surface area contributed by atoms with Gasteiger partial charge in [0.15, 0.2) is 6.00 Å². The molecule has 0 saturated carbocycles. The van der Waals surface area contributed by atoms with Gasteiger partial charge < -0.3 is 21.5 Å². The minimum atomic E-state index is 0. The highest BCUT2D eigenvalue weighted by molar-refractivity contribution is 6.16. The van der Waals surface area contributed by atoms with E-state index in [1.807, 2.05) is 0 Å². The van der Waals surface area contributed by atoms with E-state index in [2.05, 4.69) is 20.8 Å². The molecule has 0 N–H and O–H groups in total. The molecule has 0 rings (SSSR count). The molecule has 0 spiro atoms. The molecule has 19 heavy (non-hydrogen) atoms. The van der Waals surface area contributed by atoms with Crippen LogP contribution >= 0.6 is 11.6 Å². The van der Waals surface area contributed by atoms with E-state index in [0.717, 1.165) is 6.00 Å². The average molecular weight is 357 g/mol. The summed E-state index contributed by atoms with van der Waals surface area (Å²) >= 11 is 6.33. The second-order valence-electron chi connectivity index (χ2n) is 5.75. The molecule has 0 aromatic carbocycles. The van der Waals surface area contributed by atoms with Crippen molar-refractivity contribution in [3.05, 3.63) is 0 Å². The molecule has 0 atom stereocenters. The summed E-state index contributed by atoms with van der Waals surface area (Å²) in [6, 6.07) is 0.817. The van der Waals surface area contributed by atoms with Crippen LogP contribution in [-0.2, 0) is 0 Å². The maximum Gasteiger partial charge on any atom is 0.154 e. The number of alkyl halides is 1. The molecule has 0 aliphatic heterocycles. The van der Waals surface area contributed by atoms with E-state index in [-0.39, 0.29) is 17.0 Å². The lowest BCUT2D eigenvalue weighted by Crippen LogP contribution is -3.00. The zero-order chi connectivity index (χ0) is 13.7. The largest absolute Gasteiger partial charge is 1.00 e. The van der Waals surface area contributed by atoms with Gasteiger partial charge in [0.2, 0.25) is 0 Å². The summed E-state index contributed by atoms with van der Waals surface area (Å²) in [5, 5.41) is 0. The van der Waals surface area contributed by atoms with Gasteiger partial charge in [-0.2, -0.15) is 0 Å². The third-order valence-corrected chi connectivity index (χ3v) is 4.47. The first-order valence-corrected chi connectivity index (χ1v) is 8.69. The Balaban J connectivity index is 0. The number of nitrogens with zero attached hydrogens (tertiary/aromatic N) is 1. The number of hydrogen-bond donors (Lipinski definition) is 0. The van der Waals surface area contributed by atoms with Gasteiger partial charge in [0.1, 0.15) is 0 Å². The summed E-state index contributed by atoms with van der Waals surface area (Å²) < 4.78 is 1.17. The minimum Gasteiger partial charge on any atom is -1.00 e. The predicted octanol–water partition coefficient (Wildman–Crippen LogP) is 2.57. The summed E-state index contributed by atoms with van der Waals surface area (Å²) in [5.41, 5.74) is 0. The second kappa shape index (κ2) is 15.1. The van der Waals surface area contributed by atoms with Gasteiger partial charge in [-0.25, -0.2) is 0 Å². The molecule has 1 nitrogen and oxygen atoms in total. The number of halogens is 2. The molecule has 0 radical (unpaired) electrons. The molecule has 0 unspecified atom stereocenters. The first kappa shape index (κ1) is 22.0. The summed E-state index contributed by atoms with van der Waals surface area (Å²) in [6.45, 7) is 10.7. The van der Waals surface area contributed by atoms with Crippen molar-refractivity contribution in [1.82, 2.24) is 0 Å². The predicted molar refractivity (Wildman–Crippen MR) is 84.2 cm³/mol. The van der Waals surface area contributed by atoms with Gasteiger partial charge in [-0.05, 0) is 38.5 Å². The molecular weight excluding hydrogens is 322 g/mol. The monoisotopic (exact) mass is 355 g/mol. The Hall–Kier alpha value is 0.730. The lowest BCUT2D eigenvalue weighted by Gasteiger charge is -2.37. The average Bonchev–Trinajstić information content (AvgIpc) is 2.39. The standard InChI is InChI=1S/C16H35ClN.BrH/c1-4-7-10-13-18(16-17,14-11-8-5-2)15-12-9-6-3;/h4-16H2,1-3H3;1H/q+1;/p-1. The summed E-state index contributed by atoms with van der Waals surface area (Å²) in [6.07, 6.45) is 12.1. The third-order valence-electron chi connectivity index (χ3n) is 3.96. The smallest absolute Gasteiger partial charge is 0.154 e.